The summed E-state index contributed by atoms with van der Waals surface area (Å²) in [5.41, 5.74) is 0. The van der Waals surface area contributed by atoms with Crippen LogP contribution in [0, 0.1) is 5.92 Å². The first-order valence-electron chi connectivity index (χ1n) is 6.11. The van der Waals surface area contributed by atoms with Crippen molar-refractivity contribution in [1.82, 2.24) is 10.1 Å². The van der Waals surface area contributed by atoms with Crippen molar-refractivity contribution in [2.75, 3.05) is 0 Å². The molecule has 1 aliphatic carbocycles. The van der Waals surface area contributed by atoms with Crippen LogP contribution in [-0.4, -0.2) is 21.2 Å². The fourth-order valence-corrected chi connectivity index (χ4v) is 3.63. The van der Waals surface area contributed by atoms with E-state index in [-0.39, 0.29) is 5.92 Å². The molecule has 7 heteroatoms. The number of carbonyl (C=O) groups is 1. The van der Waals surface area contributed by atoms with Gasteiger partial charge in [-0.05, 0) is 34.8 Å². The van der Waals surface area contributed by atoms with Gasteiger partial charge in [-0.1, -0.05) is 17.3 Å². The summed E-state index contributed by atoms with van der Waals surface area (Å²) in [7, 11) is 0. The van der Waals surface area contributed by atoms with Crippen LogP contribution in [0.5, 0.6) is 0 Å². The van der Waals surface area contributed by atoms with Gasteiger partial charge in [0.05, 0.1) is 16.7 Å². The summed E-state index contributed by atoms with van der Waals surface area (Å²) in [5.74, 6) is -0.654. The summed E-state index contributed by atoms with van der Waals surface area (Å²) >= 11 is 4.89. The first-order valence-corrected chi connectivity index (χ1v) is 7.78. The summed E-state index contributed by atoms with van der Waals surface area (Å²) < 4.78 is 6.25. The average Bonchev–Trinajstić information content (AvgIpc) is 3.07. The molecule has 0 bridgehead atoms. The fraction of sp³-hybridized carbons (Fsp3) is 0.308. The smallest absolute Gasteiger partial charge is 0.307 e. The second-order valence-corrected chi connectivity index (χ2v) is 6.41. The minimum Gasteiger partial charge on any atom is -0.481 e. The van der Waals surface area contributed by atoms with E-state index in [9.17, 15) is 9.90 Å². The summed E-state index contributed by atoms with van der Waals surface area (Å²) in [5, 5.41) is 15.2. The van der Waals surface area contributed by atoms with E-state index in [1.807, 2.05) is 23.6 Å². The predicted octanol–water partition coefficient (Wildman–Crippen LogP) is 3.70. The van der Waals surface area contributed by atoms with Gasteiger partial charge in [0.1, 0.15) is 0 Å². The van der Waals surface area contributed by atoms with E-state index in [4.69, 9.17) is 4.52 Å². The number of rotatable bonds is 3. The molecule has 2 aromatic heterocycles. The number of allylic oxidation sites excluding steroid dienone is 2. The molecule has 0 amide bonds. The Kier molecular flexibility index (Phi) is 3.71. The van der Waals surface area contributed by atoms with Crippen molar-refractivity contribution in [2.24, 2.45) is 5.92 Å². The molecule has 1 aliphatic rings. The summed E-state index contributed by atoms with van der Waals surface area (Å²) in [6.45, 7) is 0. The molecule has 1 N–H and O–H groups in total. The van der Waals surface area contributed by atoms with E-state index in [1.54, 1.807) is 0 Å². The molecule has 0 radical (unpaired) electrons. The first-order chi connectivity index (χ1) is 9.65. The van der Waals surface area contributed by atoms with Gasteiger partial charge >= 0.3 is 5.97 Å². The van der Waals surface area contributed by atoms with Crippen LogP contribution in [0.25, 0.3) is 10.7 Å². The lowest BCUT2D eigenvalue weighted by molar-refractivity contribution is -0.142. The van der Waals surface area contributed by atoms with Crippen molar-refractivity contribution >= 4 is 33.2 Å². The predicted molar refractivity (Wildman–Crippen MR) is 77.6 cm³/mol. The van der Waals surface area contributed by atoms with Gasteiger partial charge < -0.3 is 9.63 Å². The highest BCUT2D eigenvalue weighted by Crippen LogP contribution is 2.35. The largest absolute Gasteiger partial charge is 0.481 e. The fourth-order valence-electron chi connectivity index (χ4n) is 2.28. The molecule has 0 aromatic carbocycles. The van der Waals surface area contributed by atoms with Gasteiger partial charge in [0.15, 0.2) is 0 Å². The van der Waals surface area contributed by atoms with Gasteiger partial charge in [0.2, 0.25) is 11.7 Å². The highest BCUT2D eigenvalue weighted by molar-refractivity contribution is 9.10. The first kappa shape index (κ1) is 13.5. The molecule has 104 valence electrons. The molecule has 2 heterocycles. The van der Waals surface area contributed by atoms with E-state index in [1.165, 1.54) is 11.3 Å². The highest BCUT2D eigenvalue weighted by Gasteiger charge is 2.34. The number of halogens is 1. The number of carboxylic acid groups (broad SMARTS) is 1. The van der Waals surface area contributed by atoms with Crippen molar-refractivity contribution in [1.29, 1.82) is 0 Å². The van der Waals surface area contributed by atoms with Crippen molar-refractivity contribution in [2.45, 2.75) is 18.8 Å². The van der Waals surface area contributed by atoms with Crippen LogP contribution in [0.3, 0.4) is 0 Å². The minimum atomic E-state index is -0.821. The zero-order valence-corrected chi connectivity index (χ0v) is 12.7. The van der Waals surface area contributed by atoms with Gasteiger partial charge in [-0.2, -0.15) is 4.98 Å². The van der Waals surface area contributed by atoms with E-state index in [0.717, 1.165) is 9.35 Å². The summed E-state index contributed by atoms with van der Waals surface area (Å²) in [4.78, 5) is 16.5. The number of thiophene rings is 1. The Balaban J connectivity index is 1.89. The lowest BCUT2D eigenvalue weighted by Crippen LogP contribution is -2.23. The van der Waals surface area contributed by atoms with Gasteiger partial charge in [-0.25, -0.2) is 0 Å². The quantitative estimate of drug-likeness (QED) is 0.850. The van der Waals surface area contributed by atoms with Crippen LogP contribution >= 0.6 is 27.3 Å². The molecule has 5 nitrogen and oxygen atoms in total. The van der Waals surface area contributed by atoms with E-state index >= 15 is 0 Å². The van der Waals surface area contributed by atoms with Crippen LogP contribution < -0.4 is 0 Å². The maximum Gasteiger partial charge on any atom is 0.307 e. The van der Waals surface area contributed by atoms with Gasteiger partial charge in [-0.3, -0.25) is 4.79 Å². The molecular formula is C13H11BrN2O3S. The Bertz CT molecular complexity index is 664. The Hall–Kier alpha value is -1.47. The normalized spacial score (nSPS) is 22.1. The average molecular weight is 355 g/mol. The number of carboxylic acids is 1. The maximum atomic E-state index is 11.3. The summed E-state index contributed by atoms with van der Waals surface area (Å²) in [6.07, 6.45) is 4.98. The van der Waals surface area contributed by atoms with Crippen LogP contribution in [-0.2, 0) is 4.79 Å². The summed E-state index contributed by atoms with van der Waals surface area (Å²) in [6, 6.07) is 1.91. The third kappa shape index (κ3) is 2.55. The van der Waals surface area contributed by atoms with Crippen molar-refractivity contribution in [3.63, 3.8) is 0 Å². The number of hydrogen-bond donors (Lipinski definition) is 1. The third-order valence-electron chi connectivity index (χ3n) is 3.30. The second kappa shape index (κ2) is 5.49. The second-order valence-electron chi connectivity index (χ2n) is 4.58. The highest BCUT2D eigenvalue weighted by atomic mass is 79.9. The Morgan fingerprint density at radius 2 is 2.25 bits per heavy atom. The zero-order valence-electron chi connectivity index (χ0n) is 10.3. The molecule has 0 spiro atoms. The standard InChI is InChI=1S/C13H11BrN2O3S/c14-7-5-10(20-6-7)11-15-12(19-16-11)8-3-1-2-4-9(8)13(17)18/h1-2,5-6,8-9H,3-4H2,(H,17,18)/t8-,9+/m1/s1. The topological polar surface area (TPSA) is 76.2 Å². The van der Waals surface area contributed by atoms with Crippen molar-refractivity contribution in [3.8, 4) is 10.7 Å². The molecule has 2 aromatic rings. The maximum absolute atomic E-state index is 11.3. The Morgan fingerprint density at radius 3 is 2.95 bits per heavy atom. The SMILES string of the molecule is O=C(O)[C@H]1CC=CC[C@H]1c1nc(-c2cc(Br)cs2)no1. The Morgan fingerprint density at radius 1 is 1.45 bits per heavy atom. The number of hydrogen-bond acceptors (Lipinski definition) is 5. The van der Waals surface area contributed by atoms with Gasteiger partial charge in [0.25, 0.3) is 0 Å². The molecule has 20 heavy (non-hydrogen) atoms. The van der Waals surface area contributed by atoms with Crippen molar-refractivity contribution in [3.05, 3.63) is 34.0 Å². The van der Waals surface area contributed by atoms with Gasteiger partial charge in [-0.15, -0.1) is 11.3 Å². The molecule has 0 unspecified atom stereocenters. The van der Waals surface area contributed by atoms with Crippen molar-refractivity contribution < 1.29 is 14.4 Å². The molecule has 2 atom stereocenters. The van der Waals surface area contributed by atoms with Crippen LogP contribution in [0.1, 0.15) is 24.7 Å². The number of aliphatic carboxylic acids is 1. The molecule has 0 saturated heterocycles. The van der Waals surface area contributed by atoms with Crippen LogP contribution in [0.15, 0.2) is 32.6 Å². The van der Waals surface area contributed by atoms with Gasteiger partial charge in [0, 0.05) is 9.85 Å². The van der Waals surface area contributed by atoms with Crippen LogP contribution in [0.4, 0.5) is 0 Å². The molecule has 0 fully saturated rings. The molecule has 0 aliphatic heterocycles. The molecule has 3 rings (SSSR count). The lowest BCUT2D eigenvalue weighted by atomic mass is 9.83. The zero-order chi connectivity index (χ0) is 14.1. The third-order valence-corrected chi connectivity index (χ3v) is 4.98. The molecule has 0 saturated carbocycles. The molecular weight excluding hydrogens is 344 g/mol. The van der Waals surface area contributed by atoms with E-state index in [0.29, 0.717) is 24.6 Å². The number of nitrogens with zero attached hydrogens (tertiary/aromatic N) is 2. The lowest BCUT2D eigenvalue weighted by Gasteiger charge is -2.21. The van der Waals surface area contributed by atoms with E-state index in [2.05, 4.69) is 26.1 Å². The Labute approximate surface area is 127 Å². The number of aromatic nitrogens is 2. The van der Waals surface area contributed by atoms with Crippen LogP contribution in [0.2, 0.25) is 0 Å². The minimum absolute atomic E-state index is 0.248. The van der Waals surface area contributed by atoms with E-state index < -0.39 is 11.9 Å². The monoisotopic (exact) mass is 354 g/mol.